The van der Waals surface area contributed by atoms with Gasteiger partial charge in [0, 0.05) is 16.8 Å². The van der Waals surface area contributed by atoms with Gasteiger partial charge < -0.3 is 20.1 Å². The number of carbonyl (C=O) groups is 1. The standard InChI is InChI=1S/C25H28N2O3/c1-18-9-12-22(13-10-18)27-25(28)17-30-23-14-11-20(15-24(23)29-3)16-26-19(2)21-7-5-4-6-8-21/h4-15,19,26H,16-17H2,1-3H3,(H,27,28)/p+1/t19-/m1/s1. The molecule has 0 fully saturated rings. The molecule has 3 rings (SSSR count). The van der Waals surface area contributed by atoms with Crippen LogP contribution < -0.4 is 20.1 Å². The van der Waals surface area contributed by atoms with Crippen molar-refractivity contribution in [3.8, 4) is 11.5 Å². The number of hydrogen-bond acceptors (Lipinski definition) is 3. The Kier molecular flexibility index (Phi) is 7.46. The van der Waals surface area contributed by atoms with E-state index < -0.39 is 0 Å². The first-order valence-corrected chi connectivity index (χ1v) is 10.1. The highest BCUT2D eigenvalue weighted by molar-refractivity contribution is 5.91. The Morgan fingerprint density at radius 1 is 1.00 bits per heavy atom. The van der Waals surface area contributed by atoms with Gasteiger partial charge in [-0.3, -0.25) is 4.79 Å². The summed E-state index contributed by atoms with van der Waals surface area (Å²) in [5.41, 5.74) is 4.32. The molecular formula is C25H29N2O3+. The number of nitrogens with two attached hydrogens (primary N) is 1. The lowest BCUT2D eigenvalue weighted by Crippen LogP contribution is -2.83. The normalized spacial score (nSPS) is 11.6. The van der Waals surface area contributed by atoms with E-state index in [0.29, 0.717) is 17.5 Å². The lowest BCUT2D eigenvalue weighted by Gasteiger charge is -2.14. The molecule has 156 valence electrons. The summed E-state index contributed by atoms with van der Waals surface area (Å²) >= 11 is 0. The molecule has 0 unspecified atom stereocenters. The third-order valence-electron chi connectivity index (χ3n) is 4.95. The van der Waals surface area contributed by atoms with Crippen LogP contribution in [0.15, 0.2) is 72.8 Å². The van der Waals surface area contributed by atoms with Crippen LogP contribution in [-0.2, 0) is 11.3 Å². The molecule has 0 saturated heterocycles. The Morgan fingerprint density at radius 3 is 2.43 bits per heavy atom. The van der Waals surface area contributed by atoms with Gasteiger partial charge in [0.2, 0.25) is 0 Å². The maximum atomic E-state index is 12.2. The van der Waals surface area contributed by atoms with E-state index >= 15 is 0 Å². The van der Waals surface area contributed by atoms with E-state index in [9.17, 15) is 4.79 Å². The first-order valence-electron chi connectivity index (χ1n) is 10.1. The Hall–Kier alpha value is -3.31. The van der Waals surface area contributed by atoms with Gasteiger partial charge in [0.05, 0.1) is 7.11 Å². The maximum absolute atomic E-state index is 12.2. The molecule has 0 aromatic heterocycles. The number of carbonyl (C=O) groups excluding carboxylic acids is 1. The fraction of sp³-hybridized carbons (Fsp3) is 0.240. The largest absolute Gasteiger partial charge is 0.493 e. The van der Waals surface area contributed by atoms with Gasteiger partial charge in [-0.15, -0.1) is 0 Å². The topological polar surface area (TPSA) is 64.2 Å². The summed E-state index contributed by atoms with van der Waals surface area (Å²) in [6, 6.07) is 24.3. The molecule has 0 saturated carbocycles. The molecule has 0 aliphatic heterocycles. The van der Waals surface area contributed by atoms with Crippen molar-refractivity contribution in [3.05, 3.63) is 89.5 Å². The van der Waals surface area contributed by atoms with Crippen LogP contribution in [0.4, 0.5) is 5.69 Å². The van der Waals surface area contributed by atoms with Gasteiger partial charge in [-0.2, -0.15) is 0 Å². The summed E-state index contributed by atoms with van der Waals surface area (Å²) in [7, 11) is 1.61. The molecule has 0 heterocycles. The van der Waals surface area contributed by atoms with Crippen LogP contribution in [0.2, 0.25) is 0 Å². The van der Waals surface area contributed by atoms with Crippen LogP contribution >= 0.6 is 0 Å². The molecule has 3 aromatic rings. The van der Waals surface area contributed by atoms with E-state index in [1.54, 1.807) is 7.11 Å². The lowest BCUT2D eigenvalue weighted by molar-refractivity contribution is -0.707. The molecule has 30 heavy (non-hydrogen) atoms. The average Bonchev–Trinajstić information content (AvgIpc) is 2.78. The number of quaternary nitrogens is 1. The number of hydrogen-bond donors (Lipinski definition) is 2. The van der Waals surface area contributed by atoms with E-state index in [1.165, 1.54) is 5.56 Å². The monoisotopic (exact) mass is 405 g/mol. The quantitative estimate of drug-likeness (QED) is 0.568. The molecular weight excluding hydrogens is 376 g/mol. The summed E-state index contributed by atoms with van der Waals surface area (Å²) < 4.78 is 11.2. The van der Waals surface area contributed by atoms with Crippen LogP contribution in [0.1, 0.15) is 29.7 Å². The minimum absolute atomic E-state index is 0.0826. The van der Waals surface area contributed by atoms with Crippen LogP contribution in [0.3, 0.4) is 0 Å². The SMILES string of the molecule is COc1cc(C[NH2+][C@H](C)c2ccccc2)ccc1OCC(=O)Nc1ccc(C)cc1. The molecule has 0 aliphatic carbocycles. The Balaban J connectivity index is 1.54. The van der Waals surface area contributed by atoms with Gasteiger partial charge in [0.15, 0.2) is 18.1 Å². The fourth-order valence-electron chi connectivity index (χ4n) is 3.14. The minimum Gasteiger partial charge on any atom is -0.493 e. The minimum atomic E-state index is -0.213. The second kappa shape index (κ2) is 10.5. The zero-order valence-corrected chi connectivity index (χ0v) is 17.7. The molecule has 5 nitrogen and oxygen atoms in total. The molecule has 3 N–H and O–H groups in total. The van der Waals surface area contributed by atoms with Crippen molar-refractivity contribution in [3.63, 3.8) is 0 Å². The molecule has 1 amide bonds. The van der Waals surface area contributed by atoms with Gasteiger partial charge in [0.1, 0.15) is 12.6 Å². The third kappa shape index (κ3) is 6.09. The number of ether oxygens (including phenoxy) is 2. The van der Waals surface area contributed by atoms with Crippen molar-refractivity contribution in [2.75, 3.05) is 19.0 Å². The highest BCUT2D eigenvalue weighted by Gasteiger charge is 2.12. The van der Waals surface area contributed by atoms with Gasteiger partial charge in [-0.1, -0.05) is 48.0 Å². The van der Waals surface area contributed by atoms with Crippen molar-refractivity contribution in [2.45, 2.75) is 26.4 Å². The van der Waals surface area contributed by atoms with E-state index in [-0.39, 0.29) is 12.5 Å². The average molecular weight is 406 g/mol. The van der Waals surface area contributed by atoms with Crippen LogP contribution in [-0.4, -0.2) is 19.6 Å². The first-order chi connectivity index (χ1) is 14.5. The number of anilines is 1. The van der Waals surface area contributed by atoms with Gasteiger partial charge in [0.25, 0.3) is 5.91 Å². The van der Waals surface area contributed by atoms with Gasteiger partial charge >= 0.3 is 0 Å². The summed E-state index contributed by atoms with van der Waals surface area (Å²) in [4.78, 5) is 12.2. The van der Waals surface area contributed by atoms with Crippen molar-refractivity contribution in [1.82, 2.24) is 0 Å². The smallest absolute Gasteiger partial charge is 0.262 e. The van der Waals surface area contributed by atoms with Crippen LogP contribution in [0, 0.1) is 6.92 Å². The summed E-state index contributed by atoms with van der Waals surface area (Å²) in [5.74, 6) is 0.961. The number of nitrogens with one attached hydrogen (secondary N) is 1. The number of aryl methyl sites for hydroxylation is 1. The van der Waals surface area contributed by atoms with Crippen LogP contribution in [0.5, 0.6) is 11.5 Å². The van der Waals surface area contributed by atoms with Crippen molar-refractivity contribution >= 4 is 11.6 Å². The summed E-state index contributed by atoms with van der Waals surface area (Å²) in [6.45, 7) is 4.93. The molecule has 5 heteroatoms. The zero-order chi connectivity index (χ0) is 21.3. The number of benzene rings is 3. The highest BCUT2D eigenvalue weighted by Crippen LogP contribution is 2.28. The molecule has 0 aliphatic rings. The Morgan fingerprint density at radius 2 is 1.73 bits per heavy atom. The van der Waals surface area contributed by atoms with E-state index in [4.69, 9.17) is 9.47 Å². The van der Waals surface area contributed by atoms with Crippen molar-refractivity contribution in [1.29, 1.82) is 0 Å². The molecule has 3 aromatic carbocycles. The number of rotatable bonds is 9. The van der Waals surface area contributed by atoms with Gasteiger partial charge in [-0.05, 0) is 44.2 Å². The Bertz CT molecular complexity index is 956. The third-order valence-corrected chi connectivity index (χ3v) is 4.95. The predicted molar refractivity (Wildman–Crippen MR) is 119 cm³/mol. The molecule has 0 spiro atoms. The van der Waals surface area contributed by atoms with Crippen molar-refractivity contribution < 1.29 is 19.6 Å². The first kappa shape index (κ1) is 21.4. The molecule has 0 bridgehead atoms. The van der Waals surface area contributed by atoms with E-state index in [1.807, 2.05) is 55.5 Å². The number of amides is 1. The van der Waals surface area contributed by atoms with E-state index in [2.05, 4.69) is 41.8 Å². The lowest BCUT2D eigenvalue weighted by atomic mass is 10.1. The molecule has 0 radical (unpaired) electrons. The summed E-state index contributed by atoms with van der Waals surface area (Å²) in [6.07, 6.45) is 0. The van der Waals surface area contributed by atoms with Crippen LogP contribution in [0.25, 0.3) is 0 Å². The second-order valence-electron chi connectivity index (χ2n) is 7.33. The number of methoxy groups -OCH3 is 1. The van der Waals surface area contributed by atoms with E-state index in [0.717, 1.165) is 23.4 Å². The second-order valence-corrected chi connectivity index (χ2v) is 7.33. The molecule has 1 atom stereocenters. The zero-order valence-electron chi connectivity index (χ0n) is 17.7. The highest BCUT2D eigenvalue weighted by atomic mass is 16.5. The summed E-state index contributed by atoms with van der Waals surface area (Å²) in [5, 5.41) is 5.10. The maximum Gasteiger partial charge on any atom is 0.262 e. The fourth-order valence-corrected chi connectivity index (χ4v) is 3.14. The Labute approximate surface area is 178 Å². The van der Waals surface area contributed by atoms with Crippen molar-refractivity contribution in [2.24, 2.45) is 0 Å². The van der Waals surface area contributed by atoms with Gasteiger partial charge in [-0.25, -0.2) is 0 Å². The predicted octanol–water partition coefficient (Wildman–Crippen LogP) is 3.85.